The van der Waals surface area contributed by atoms with Crippen molar-refractivity contribution in [2.45, 2.75) is 25.8 Å². The molecule has 0 spiro atoms. The van der Waals surface area contributed by atoms with Crippen LogP contribution in [-0.4, -0.2) is 25.8 Å². The Morgan fingerprint density at radius 1 is 1.56 bits per heavy atom. The maximum absolute atomic E-state index is 5.43. The van der Waals surface area contributed by atoms with E-state index in [-0.39, 0.29) is 0 Å². The molecule has 3 heteroatoms. The van der Waals surface area contributed by atoms with E-state index in [4.69, 9.17) is 4.74 Å². The summed E-state index contributed by atoms with van der Waals surface area (Å²) in [5.41, 5.74) is 1.41. The van der Waals surface area contributed by atoms with E-state index in [9.17, 15) is 0 Å². The Morgan fingerprint density at radius 3 is 3.12 bits per heavy atom. The van der Waals surface area contributed by atoms with Gasteiger partial charge < -0.3 is 10.1 Å². The first-order chi connectivity index (χ1) is 7.83. The van der Waals surface area contributed by atoms with Crippen molar-refractivity contribution >= 4 is 11.3 Å². The molecule has 1 aromatic heterocycles. The van der Waals surface area contributed by atoms with E-state index in [1.807, 2.05) is 6.08 Å². The quantitative estimate of drug-likeness (QED) is 0.528. The Hall–Kier alpha value is -0.640. The predicted molar refractivity (Wildman–Crippen MR) is 71.1 cm³/mol. The fourth-order valence-corrected chi connectivity index (χ4v) is 2.16. The van der Waals surface area contributed by atoms with Crippen LogP contribution in [0.1, 0.15) is 18.9 Å². The summed E-state index contributed by atoms with van der Waals surface area (Å²) in [6.07, 6.45) is 3.91. The molecular weight excluding hydrogens is 218 g/mol. The molecule has 0 aliphatic heterocycles. The number of hydrogen-bond donors (Lipinski definition) is 1. The van der Waals surface area contributed by atoms with Crippen molar-refractivity contribution in [2.24, 2.45) is 0 Å². The van der Waals surface area contributed by atoms with E-state index in [2.05, 4.69) is 35.6 Å². The molecule has 1 aromatic rings. The Bertz CT molecular complexity index is 271. The van der Waals surface area contributed by atoms with E-state index >= 15 is 0 Å². The van der Waals surface area contributed by atoms with Gasteiger partial charge in [-0.3, -0.25) is 0 Å². The predicted octanol–water partition coefficient (Wildman–Crippen LogP) is 2.86. The summed E-state index contributed by atoms with van der Waals surface area (Å²) in [4.78, 5) is 0. The third-order valence-electron chi connectivity index (χ3n) is 2.33. The monoisotopic (exact) mass is 239 g/mol. The van der Waals surface area contributed by atoms with E-state index < -0.39 is 0 Å². The lowest BCUT2D eigenvalue weighted by molar-refractivity contribution is 0.138. The summed E-state index contributed by atoms with van der Waals surface area (Å²) in [6, 6.07) is 2.70. The van der Waals surface area contributed by atoms with E-state index in [1.54, 1.807) is 11.3 Å². The molecule has 0 bridgehead atoms. The van der Waals surface area contributed by atoms with Crippen LogP contribution < -0.4 is 5.32 Å². The fourth-order valence-electron chi connectivity index (χ4n) is 1.48. The molecule has 0 saturated carbocycles. The topological polar surface area (TPSA) is 21.3 Å². The summed E-state index contributed by atoms with van der Waals surface area (Å²) in [5, 5.41) is 7.78. The van der Waals surface area contributed by atoms with Gasteiger partial charge in [0.15, 0.2) is 0 Å². The number of rotatable bonds is 9. The molecule has 0 amide bonds. The van der Waals surface area contributed by atoms with Gasteiger partial charge in [0.1, 0.15) is 0 Å². The van der Waals surface area contributed by atoms with Gasteiger partial charge in [0.2, 0.25) is 0 Å². The fraction of sp³-hybridized carbons (Fsp3) is 0.538. The van der Waals surface area contributed by atoms with Crippen LogP contribution in [-0.2, 0) is 11.2 Å². The number of thiophene rings is 1. The van der Waals surface area contributed by atoms with Crippen LogP contribution in [0, 0.1) is 0 Å². The minimum atomic E-state index is 0.512. The average Bonchev–Trinajstić information content (AvgIpc) is 2.76. The highest BCUT2D eigenvalue weighted by atomic mass is 32.1. The van der Waals surface area contributed by atoms with Gasteiger partial charge in [-0.1, -0.05) is 6.08 Å². The smallest absolute Gasteiger partial charge is 0.0591 e. The van der Waals surface area contributed by atoms with E-state index in [0.717, 1.165) is 32.6 Å². The molecule has 0 fully saturated rings. The van der Waals surface area contributed by atoms with Crippen LogP contribution in [0.15, 0.2) is 29.5 Å². The summed E-state index contributed by atoms with van der Waals surface area (Å²) in [7, 11) is 0. The molecular formula is C13H21NOS. The van der Waals surface area contributed by atoms with Gasteiger partial charge in [-0.15, -0.1) is 6.58 Å². The van der Waals surface area contributed by atoms with Crippen molar-refractivity contribution < 1.29 is 4.74 Å². The first-order valence-electron chi connectivity index (χ1n) is 5.76. The van der Waals surface area contributed by atoms with Crippen LogP contribution in [0.4, 0.5) is 0 Å². The number of nitrogens with one attached hydrogen (secondary N) is 1. The van der Waals surface area contributed by atoms with Gasteiger partial charge in [-0.2, -0.15) is 11.3 Å². The van der Waals surface area contributed by atoms with Crippen LogP contribution >= 0.6 is 11.3 Å². The molecule has 90 valence electrons. The van der Waals surface area contributed by atoms with Gasteiger partial charge in [-0.05, 0) is 42.2 Å². The summed E-state index contributed by atoms with van der Waals surface area (Å²) >= 11 is 1.76. The maximum Gasteiger partial charge on any atom is 0.0591 e. The third kappa shape index (κ3) is 6.05. The zero-order chi connectivity index (χ0) is 11.6. The lowest BCUT2D eigenvalue weighted by atomic mass is 10.1. The number of hydrogen-bond acceptors (Lipinski definition) is 3. The zero-order valence-electron chi connectivity index (χ0n) is 9.95. The summed E-state index contributed by atoms with van der Waals surface area (Å²) in [5.74, 6) is 0. The molecule has 2 nitrogen and oxygen atoms in total. The Labute approximate surface area is 102 Å². The molecule has 16 heavy (non-hydrogen) atoms. The second-order valence-electron chi connectivity index (χ2n) is 3.88. The van der Waals surface area contributed by atoms with Crippen molar-refractivity contribution in [2.75, 3.05) is 19.8 Å². The molecule has 0 aliphatic rings. The highest BCUT2D eigenvalue weighted by Crippen LogP contribution is 2.08. The van der Waals surface area contributed by atoms with Gasteiger partial charge >= 0.3 is 0 Å². The van der Waals surface area contributed by atoms with Crippen molar-refractivity contribution in [3.63, 3.8) is 0 Å². The first-order valence-corrected chi connectivity index (χ1v) is 6.70. The zero-order valence-corrected chi connectivity index (χ0v) is 10.8. The second kappa shape index (κ2) is 8.50. The SMILES string of the molecule is C=CCCOCCNC(C)Cc1ccsc1. The standard InChI is InChI=1S/C13H21NOS/c1-3-4-7-15-8-6-14-12(2)10-13-5-9-16-11-13/h3,5,9,11-12,14H,1,4,6-8,10H2,2H3. The largest absolute Gasteiger partial charge is 0.380 e. The average molecular weight is 239 g/mol. The van der Waals surface area contributed by atoms with Crippen LogP contribution in [0.5, 0.6) is 0 Å². The number of ether oxygens (including phenoxy) is 1. The molecule has 1 heterocycles. The molecule has 1 rings (SSSR count). The Balaban J connectivity index is 1.98. The van der Waals surface area contributed by atoms with Crippen LogP contribution in [0.25, 0.3) is 0 Å². The van der Waals surface area contributed by atoms with Crippen molar-refractivity contribution in [3.05, 3.63) is 35.0 Å². The molecule has 1 unspecified atom stereocenters. The normalized spacial score (nSPS) is 12.6. The third-order valence-corrected chi connectivity index (χ3v) is 3.06. The van der Waals surface area contributed by atoms with Crippen molar-refractivity contribution in [1.82, 2.24) is 5.32 Å². The highest BCUT2D eigenvalue weighted by molar-refractivity contribution is 7.07. The van der Waals surface area contributed by atoms with E-state index in [1.165, 1.54) is 5.56 Å². The Kier molecular flexibility index (Phi) is 7.14. The molecule has 0 aromatic carbocycles. The molecule has 1 N–H and O–H groups in total. The first kappa shape index (κ1) is 13.4. The molecule has 0 saturated heterocycles. The van der Waals surface area contributed by atoms with Gasteiger partial charge in [0.25, 0.3) is 0 Å². The summed E-state index contributed by atoms with van der Waals surface area (Å²) in [6.45, 7) is 8.34. The molecule has 0 aliphatic carbocycles. The minimum absolute atomic E-state index is 0.512. The highest BCUT2D eigenvalue weighted by Gasteiger charge is 2.02. The maximum atomic E-state index is 5.43. The van der Waals surface area contributed by atoms with Gasteiger partial charge in [0.05, 0.1) is 13.2 Å². The Morgan fingerprint density at radius 2 is 2.44 bits per heavy atom. The van der Waals surface area contributed by atoms with Gasteiger partial charge in [0, 0.05) is 12.6 Å². The second-order valence-corrected chi connectivity index (χ2v) is 4.66. The van der Waals surface area contributed by atoms with E-state index in [0.29, 0.717) is 6.04 Å². The molecule has 0 radical (unpaired) electrons. The van der Waals surface area contributed by atoms with Crippen LogP contribution in [0.2, 0.25) is 0 Å². The van der Waals surface area contributed by atoms with Gasteiger partial charge in [-0.25, -0.2) is 0 Å². The van der Waals surface area contributed by atoms with Crippen LogP contribution in [0.3, 0.4) is 0 Å². The lowest BCUT2D eigenvalue weighted by Gasteiger charge is -2.12. The van der Waals surface area contributed by atoms with Crippen molar-refractivity contribution in [3.8, 4) is 0 Å². The van der Waals surface area contributed by atoms with Crippen molar-refractivity contribution in [1.29, 1.82) is 0 Å². The lowest BCUT2D eigenvalue weighted by Crippen LogP contribution is -2.31. The minimum Gasteiger partial charge on any atom is -0.380 e. The summed E-state index contributed by atoms with van der Waals surface area (Å²) < 4.78 is 5.43. The molecule has 1 atom stereocenters.